The van der Waals surface area contributed by atoms with Crippen molar-refractivity contribution in [1.29, 1.82) is 0 Å². The molecular formula is C25H27N5O3. The molecule has 0 aliphatic heterocycles. The summed E-state index contributed by atoms with van der Waals surface area (Å²) in [7, 11) is 2.02. The SMILES string of the molecule is CC(C)c1cc(-c2n[nH]c(=O)n2Cc2ccc(CN(C)c3ccncc3)cc2)c(O)cc1O. The summed E-state index contributed by atoms with van der Waals surface area (Å²) in [5, 5.41) is 27.2. The molecule has 0 saturated carbocycles. The molecule has 4 rings (SSSR count). The third-order valence-corrected chi connectivity index (χ3v) is 5.65. The molecule has 2 aromatic heterocycles. The van der Waals surface area contributed by atoms with Crippen LogP contribution in [0.2, 0.25) is 0 Å². The summed E-state index contributed by atoms with van der Waals surface area (Å²) in [4.78, 5) is 18.7. The minimum Gasteiger partial charge on any atom is -0.508 e. The van der Waals surface area contributed by atoms with E-state index in [-0.39, 0.29) is 23.1 Å². The van der Waals surface area contributed by atoms with E-state index in [9.17, 15) is 15.0 Å². The normalized spacial score (nSPS) is 11.2. The van der Waals surface area contributed by atoms with Crippen molar-refractivity contribution >= 4 is 5.69 Å². The van der Waals surface area contributed by atoms with Crippen LogP contribution in [0, 0.1) is 0 Å². The molecule has 2 aromatic carbocycles. The number of H-pyrrole nitrogens is 1. The van der Waals surface area contributed by atoms with Gasteiger partial charge in [-0.05, 0) is 40.8 Å². The van der Waals surface area contributed by atoms with Gasteiger partial charge >= 0.3 is 5.69 Å². The molecule has 8 nitrogen and oxygen atoms in total. The zero-order valence-electron chi connectivity index (χ0n) is 18.9. The molecule has 0 amide bonds. The summed E-state index contributed by atoms with van der Waals surface area (Å²) in [6.07, 6.45) is 3.54. The first kappa shape index (κ1) is 22.1. The van der Waals surface area contributed by atoms with Crippen LogP contribution in [0.1, 0.15) is 36.5 Å². The van der Waals surface area contributed by atoms with Crippen molar-refractivity contribution < 1.29 is 10.2 Å². The Kier molecular flexibility index (Phi) is 6.17. The number of benzene rings is 2. The van der Waals surface area contributed by atoms with Gasteiger partial charge in [-0.3, -0.25) is 9.55 Å². The molecule has 0 aliphatic rings. The van der Waals surface area contributed by atoms with Crippen molar-refractivity contribution in [2.75, 3.05) is 11.9 Å². The van der Waals surface area contributed by atoms with Crippen molar-refractivity contribution in [3.05, 3.63) is 88.1 Å². The molecule has 3 N–H and O–H groups in total. The zero-order valence-corrected chi connectivity index (χ0v) is 18.9. The summed E-state index contributed by atoms with van der Waals surface area (Å²) in [5.41, 5.74) is 3.84. The summed E-state index contributed by atoms with van der Waals surface area (Å²) < 4.78 is 1.48. The van der Waals surface area contributed by atoms with Crippen LogP contribution < -0.4 is 10.6 Å². The zero-order chi connectivity index (χ0) is 23.5. The second-order valence-corrected chi connectivity index (χ2v) is 8.40. The topological polar surface area (TPSA) is 107 Å². The number of phenolic OH excluding ortho intramolecular Hbond substituents is 2. The third kappa shape index (κ3) is 4.74. The highest BCUT2D eigenvalue weighted by molar-refractivity contribution is 5.67. The average molecular weight is 446 g/mol. The number of aromatic amines is 1. The fraction of sp³-hybridized carbons (Fsp3) is 0.240. The summed E-state index contributed by atoms with van der Waals surface area (Å²) in [5.74, 6) is 0.247. The van der Waals surface area contributed by atoms with Gasteiger partial charge in [0.25, 0.3) is 0 Å². The van der Waals surface area contributed by atoms with Gasteiger partial charge in [-0.2, -0.15) is 5.10 Å². The fourth-order valence-corrected chi connectivity index (χ4v) is 3.80. The molecule has 0 spiro atoms. The molecular weight excluding hydrogens is 418 g/mol. The maximum atomic E-state index is 12.5. The highest BCUT2D eigenvalue weighted by Gasteiger charge is 2.18. The Morgan fingerprint density at radius 2 is 1.67 bits per heavy atom. The van der Waals surface area contributed by atoms with Crippen LogP contribution >= 0.6 is 0 Å². The van der Waals surface area contributed by atoms with Crippen molar-refractivity contribution in [2.45, 2.75) is 32.9 Å². The molecule has 0 aliphatic carbocycles. The van der Waals surface area contributed by atoms with E-state index in [1.807, 2.05) is 57.3 Å². The van der Waals surface area contributed by atoms with E-state index < -0.39 is 0 Å². The molecule has 4 aromatic rings. The summed E-state index contributed by atoms with van der Waals surface area (Å²) >= 11 is 0. The Balaban J connectivity index is 1.57. The van der Waals surface area contributed by atoms with Crippen molar-refractivity contribution in [1.82, 2.24) is 19.7 Å². The average Bonchev–Trinajstić information content (AvgIpc) is 3.15. The minimum atomic E-state index is -0.370. The van der Waals surface area contributed by atoms with Crippen molar-refractivity contribution in [3.63, 3.8) is 0 Å². The van der Waals surface area contributed by atoms with Crippen LogP contribution in [0.15, 0.2) is 65.7 Å². The number of hydrogen-bond acceptors (Lipinski definition) is 6. The van der Waals surface area contributed by atoms with Gasteiger partial charge in [0, 0.05) is 37.7 Å². The Hall–Kier alpha value is -4.07. The van der Waals surface area contributed by atoms with Crippen molar-refractivity contribution in [2.24, 2.45) is 0 Å². The highest BCUT2D eigenvalue weighted by atomic mass is 16.3. The quantitative estimate of drug-likeness (QED) is 0.399. The predicted octanol–water partition coefficient (Wildman–Crippen LogP) is 3.85. The molecule has 0 radical (unpaired) electrons. The number of hydrogen-bond donors (Lipinski definition) is 3. The molecule has 2 heterocycles. The largest absolute Gasteiger partial charge is 0.508 e. The van der Waals surface area contributed by atoms with Gasteiger partial charge in [0.05, 0.1) is 12.1 Å². The number of pyridine rings is 1. The van der Waals surface area contributed by atoms with Gasteiger partial charge in [0.1, 0.15) is 11.5 Å². The molecule has 170 valence electrons. The monoisotopic (exact) mass is 445 g/mol. The van der Waals surface area contributed by atoms with E-state index in [1.165, 1.54) is 10.6 Å². The summed E-state index contributed by atoms with van der Waals surface area (Å²) in [6.45, 7) is 4.92. The molecule has 8 heteroatoms. The van der Waals surface area contributed by atoms with Gasteiger partial charge in [0.15, 0.2) is 5.82 Å². The fourth-order valence-electron chi connectivity index (χ4n) is 3.80. The lowest BCUT2D eigenvalue weighted by Gasteiger charge is -2.19. The van der Waals surface area contributed by atoms with E-state index in [0.717, 1.165) is 23.4 Å². The molecule has 0 atom stereocenters. The van der Waals surface area contributed by atoms with Crippen LogP contribution in [-0.4, -0.2) is 37.0 Å². The first-order valence-electron chi connectivity index (χ1n) is 10.7. The first-order valence-corrected chi connectivity index (χ1v) is 10.7. The van der Waals surface area contributed by atoms with Gasteiger partial charge in [-0.1, -0.05) is 38.1 Å². The Labute approximate surface area is 191 Å². The first-order chi connectivity index (χ1) is 15.8. The number of nitrogens with one attached hydrogen (secondary N) is 1. The number of aromatic hydroxyl groups is 2. The number of anilines is 1. The van der Waals surface area contributed by atoms with E-state index in [1.54, 1.807) is 18.5 Å². The van der Waals surface area contributed by atoms with Gasteiger partial charge in [-0.15, -0.1) is 0 Å². The number of phenols is 2. The molecule has 0 unspecified atom stereocenters. The second-order valence-electron chi connectivity index (χ2n) is 8.40. The lowest BCUT2D eigenvalue weighted by atomic mass is 9.98. The molecule has 33 heavy (non-hydrogen) atoms. The van der Waals surface area contributed by atoms with E-state index >= 15 is 0 Å². The van der Waals surface area contributed by atoms with Crippen LogP contribution in [0.25, 0.3) is 11.4 Å². The second kappa shape index (κ2) is 9.20. The third-order valence-electron chi connectivity index (χ3n) is 5.65. The summed E-state index contributed by atoms with van der Waals surface area (Å²) in [6, 6.07) is 14.9. The lowest BCUT2D eigenvalue weighted by Crippen LogP contribution is -2.19. The van der Waals surface area contributed by atoms with E-state index in [2.05, 4.69) is 20.1 Å². The smallest absolute Gasteiger partial charge is 0.343 e. The van der Waals surface area contributed by atoms with Crippen molar-refractivity contribution in [3.8, 4) is 22.9 Å². The van der Waals surface area contributed by atoms with Gasteiger partial charge < -0.3 is 15.1 Å². The number of aromatic nitrogens is 4. The Morgan fingerprint density at radius 3 is 2.33 bits per heavy atom. The highest BCUT2D eigenvalue weighted by Crippen LogP contribution is 2.36. The van der Waals surface area contributed by atoms with Crippen LogP contribution in [-0.2, 0) is 13.1 Å². The van der Waals surface area contributed by atoms with E-state index in [4.69, 9.17) is 0 Å². The maximum absolute atomic E-state index is 12.5. The van der Waals surface area contributed by atoms with E-state index in [0.29, 0.717) is 23.5 Å². The Morgan fingerprint density at radius 1 is 1.00 bits per heavy atom. The van der Waals surface area contributed by atoms with Crippen LogP contribution in [0.3, 0.4) is 0 Å². The van der Waals surface area contributed by atoms with Gasteiger partial charge in [0.2, 0.25) is 0 Å². The minimum absolute atomic E-state index is 0.0167. The number of nitrogens with zero attached hydrogens (tertiary/aromatic N) is 4. The van der Waals surface area contributed by atoms with Gasteiger partial charge in [-0.25, -0.2) is 9.89 Å². The molecule has 0 bridgehead atoms. The maximum Gasteiger partial charge on any atom is 0.343 e. The standard InChI is InChI=1S/C25H27N5O3/c1-16(2)20-12-21(23(32)13-22(20)31)24-27-28-25(33)30(24)15-18-6-4-17(5-7-18)14-29(3)19-8-10-26-11-9-19/h4-13,16,31-32H,14-15H2,1-3H3,(H,28,33). The van der Waals surface area contributed by atoms with Crippen LogP contribution in [0.4, 0.5) is 5.69 Å². The van der Waals surface area contributed by atoms with Crippen LogP contribution in [0.5, 0.6) is 11.5 Å². The molecule has 0 saturated heterocycles. The lowest BCUT2D eigenvalue weighted by molar-refractivity contribution is 0.444. The predicted molar refractivity (Wildman–Crippen MR) is 128 cm³/mol. The molecule has 0 fully saturated rings. The Bertz CT molecular complexity index is 1290. The number of rotatable bonds is 7.